The Kier molecular flexibility index (Phi) is 6.65. The number of carbonyl (C=O) groups is 2. The molecule has 0 spiro atoms. The summed E-state index contributed by atoms with van der Waals surface area (Å²) in [6, 6.07) is 19.2. The smallest absolute Gasteiger partial charge is 0.262 e. The summed E-state index contributed by atoms with van der Waals surface area (Å²) in [6.45, 7) is 1.96. The van der Waals surface area contributed by atoms with Crippen LogP contribution in [0.2, 0.25) is 0 Å². The third-order valence-electron chi connectivity index (χ3n) is 5.97. The van der Waals surface area contributed by atoms with Crippen molar-refractivity contribution in [3.8, 4) is 0 Å². The molecule has 0 aliphatic carbocycles. The van der Waals surface area contributed by atoms with Gasteiger partial charge in [0.2, 0.25) is 5.91 Å². The number of aliphatic imine (C=N–C) groups is 1. The Morgan fingerprint density at radius 1 is 1.00 bits per heavy atom. The number of benzene rings is 3. The van der Waals surface area contributed by atoms with Crippen molar-refractivity contribution in [3.63, 3.8) is 0 Å². The quantitative estimate of drug-likeness (QED) is 0.501. The van der Waals surface area contributed by atoms with Crippen LogP contribution >= 0.6 is 11.8 Å². The van der Waals surface area contributed by atoms with Crippen LogP contribution in [-0.4, -0.2) is 33.0 Å². The Morgan fingerprint density at radius 2 is 1.64 bits per heavy atom. The SMILES string of the molecule is Cc1ccc(NC(=O)CC2SC(N3N=C(c4ccc(F)cc4)CC3c3ccc(F)cc3)=NC2=O)cc1. The molecule has 1 N–H and O–H groups in total. The van der Waals surface area contributed by atoms with Crippen molar-refractivity contribution in [2.45, 2.75) is 31.1 Å². The number of hydrazone groups is 1. The maximum atomic E-state index is 13.6. The fourth-order valence-electron chi connectivity index (χ4n) is 4.07. The second-order valence-electron chi connectivity index (χ2n) is 8.63. The molecule has 2 heterocycles. The molecule has 0 fully saturated rings. The largest absolute Gasteiger partial charge is 0.326 e. The van der Waals surface area contributed by atoms with Crippen LogP contribution in [0.3, 0.4) is 0 Å². The lowest BCUT2D eigenvalue weighted by Gasteiger charge is -2.23. The molecule has 5 rings (SSSR count). The van der Waals surface area contributed by atoms with E-state index >= 15 is 0 Å². The standard InChI is InChI=1S/C27H22F2N4O2S/c1-16-2-12-21(13-3-16)30-25(34)15-24-26(35)31-27(36-24)33-23(18-6-10-20(29)11-7-18)14-22(32-33)17-4-8-19(28)9-5-17/h2-13,23-24H,14-15H2,1H3,(H,30,34). The summed E-state index contributed by atoms with van der Waals surface area (Å²) in [5, 5.41) is 8.86. The summed E-state index contributed by atoms with van der Waals surface area (Å²) in [6.07, 6.45) is 0.428. The van der Waals surface area contributed by atoms with Crippen molar-refractivity contribution >= 4 is 40.1 Å². The molecule has 182 valence electrons. The van der Waals surface area contributed by atoms with E-state index in [2.05, 4.69) is 10.3 Å². The average Bonchev–Trinajstić information content (AvgIpc) is 3.45. The molecule has 2 aliphatic rings. The highest BCUT2D eigenvalue weighted by atomic mass is 32.2. The van der Waals surface area contributed by atoms with Gasteiger partial charge in [-0.3, -0.25) is 9.59 Å². The first-order chi connectivity index (χ1) is 17.4. The van der Waals surface area contributed by atoms with E-state index in [0.29, 0.717) is 23.0 Å². The van der Waals surface area contributed by atoms with E-state index in [0.717, 1.165) is 16.7 Å². The van der Waals surface area contributed by atoms with Crippen molar-refractivity contribution in [1.29, 1.82) is 0 Å². The van der Waals surface area contributed by atoms with Gasteiger partial charge in [0.05, 0.1) is 11.8 Å². The van der Waals surface area contributed by atoms with E-state index in [4.69, 9.17) is 5.10 Å². The second kappa shape index (κ2) is 10.0. The maximum Gasteiger partial charge on any atom is 0.262 e. The first-order valence-electron chi connectivity index (χ1n) is 11.4. The van der Waals surface area contributed by atoms with Gasteiger partial charge >= 0.3 is 0 Å². The number of amides is 2. The number of hydrogen-bond acceptors (Lipinski definition) is 5. The first kappa shape index (κ1) is 23.9. The molecular formula is C27H22F2N4O2S. The Hall–Kier alpha value is -3.85. The fourth-order valence-corrected chi connectivity index (χ4v) is 5.13. The third kappa shape index (κ3) is 5.21. The normalized spacial score (nSPS) is 19.3. The summed E-state index contributed by atoms with van der Waals surface area (Å²) in [5.41, 5.74) is 3.98. The van der Waals surface area contributed by atoms with Crippen molar-refractivity contribution in [1.82, 2.24) is 5.01 Å². The van der Waals surface area contributed by atoms with E-state index < -0.39 is 11.2 Å². The molecule has 0 saturated carbocycles. The van der Waals surface area contributed by atoms with Crippen LogP contribution in [0.15, 0.2) is 82.9 Å². The Morgan fingerprint density at radius 3 is 2.31 bits per heavy atom. The maximum absolute atomic E-state index is 13.6. The molecule has 0 bridgehead atoms. The monoisotopic (exact) mass is 504 g/mol. The van der Waals surface area contributed by atoms with Gasteiger partial charge in [-0.05, 0) is 54.4 Å². The van der Waals surface area contributed by atoms with E-state index in [1.165, 1.54) is 36.0 Å². The summed E-state index contributed by atoms with van der Waals surface area (Å²) in [7, 11) is 0. The molecule has 6 nitrogen and oxygen atoms in total. The topological polar surface area (TPSA) is 74.1 Å². The number of aryl methyl sites for hydroxylation is 1. The van der Waals surface area contributed by atoms with Gasteiger partial charge in [-0.25, -0.2) is 13.8 Å². The molecule has 2 aliphatic heterocycles. The predicted molar refractivity (Wildman–Crippen MR) is 137 cm³/mol. The highest BCUT2D eigenvalue weighted by molar-refractivity contribution is 8.15. The molecule has 0 saturated heterocycles. The van der Waals surface area contributed by atoms with E-state index in [1.807, 2.05) is 31.2 Å². The highest BCUT2D eigenvalue weighted by Gasteiger charge is 2.39. The molecule has 0 radical (unpaired) electrons. The van der Waals surface area contributed by atoms with E-state index in [9.17, 15) is 18.4 Å². The van der Waals surface area contributed by atoms with Crippen molar-refractivity contribution in [2.24, 2.45) is 10.1 Å². The molecule has 9 heteroatoms. The molecule has 2 atom stereocenters. The first-order valence-corrected chi connectivity index (χ1v) is 12.3. The van der Waals surface area contributed by atoms with Gasteiger partial charge in [0.1, 0.15) is 16.9 Å². The van der Waals surface area contributed by atoms with Crippen LogP contribution in [0, 0.1) is 18.6 Å². The Balaban J connectivity index is 1.35. The minimum atomic E-state index is -0.676. The van der Waals surface area contributed by atoms with Crippen molar-refractivity contribution < 1.29 is 18.4 Å². The lowest BCUT2D eigenvalue weighted by molar-refractivity contribution is -0.121. The number of rotatable bonds is 5. The number of carbonyl (C=O) groups excluding carboxylic acids is 2. The molecule has 2 unspecified atom stereocenters. The fraction of sp³-hybridized carbons (Fsp3) is 0.185. The van der Waals surface area contributed by atoms with E-state index in [-0.39, 0.29) is 30.0 Å². The lowest BCUT2D eigenvalue weighted by Crippen LogP contribution is -2.25. The summed E-state index contributed by atoms with van der Waals surface area (Å²) in [5.74, 6) is -1.40. The number of nitrogens with one attached hydrogen (secondary N) is 1. The zero-order valence-corrected chi connectivity index (χ0v) is 20.1. The van der Waals surface area contributed by atoms with Crippen LogP contribution < -0.4 is 5.32 Å². The number of amidine groups is 1. The minimum Gasteiger partial charge on any atom is -0.326 e. The van der Waals surface area contributed by atoms with Crippen LogP contribution in [0.5, 0.6) is 0 Å². The molecule has 2 amide bonds. The number of anilines is 1. The van der Waals surface area contributed by atoms with Crippen LogP contribution in [0.1, 0.15) is 35.6 Å². The van der Waals surface area contributed by atoms with Crippen LogP contribution in [0.25, 0.3) is 0 Å². The Labute approximate surface area is 211 Å². The van der Waals surface area contributed by atoms with Gasteiger partial charge < -0.3 is 5.32 Å². The number of nitrogens with zero attached hydrogens (tertiary/aromatic N) is 3. The molecule has 3 aromatic carbocycles. The van der Waals surface area contributed by atoms with E-state index in [1.54, 1.807) is 29.3 Å². The third-order valence-corrected chi connectivity index (χ3v) is 7.12. The van der Waals surface area contributed by atoms with Crippen molar-refractivity contribution in [2.75, 3.05) is 5.32 Å². The zero-order valence-electron chi connectivity index (χ0n) is 19.3. The van der Waals surface area contributed by atoms with Gasteiger partial charge in [0.15, 0.2) is 5.17 Å². The minimum absolute atomic E-state index is 0.0338. The van der Waals surface area contributed by atoms with Crippen LogP contribution in [0.4, 0.5) is 14.5 Å². The molecular weight excluding hydrogens is 482 g/mol. The van der Waals surface area contributed by atoms with Gasteiger partial charge in [0.25, 0.3) is 5.91 Å². The number of hydrogen-bond donors (Lipinski definition) is 1. The van der Waals surface area contributed by atoms with Gasteiger partial charge in [-0.15, -0.1) is 0 Å². The summed E-state index contributed by atoms with van der Waals surface area (Å²) < 4.78 is 27.0. The van der Waals surface area contributed by atoms with Gasteiger partial charge in [-0.2, -0.15) is 10.1 Å². The van der Waals surface area contributed by atoms with Crippen LogP contribution in [-0.2, 0) is 9.59 Å². The summed E-state index contributed by atoms with van der Waals surface area (Å²) in [4.78, 5) is 29.5. The zero-order chi connectivity index (χ0) is 25.2. The Bertz CT molecular complexity index is 1360. The van der Waals surface area contributed by atoms with Gasteiger partial charge in [-0.1, -0.05) is 53.7 Å². The molecule has 0 aromatic heterocycles. The van der Waals surface area contributed by atoms with Crippen molar-refractivity contribution in [3.05, 3.63) is 101 Å². The molecule has 36 heavy (non-hydrogen) atoms. The second-order valence-corrected chi connectivity index (χ2v) is 9.80. The van der Waals surface area contributed by atoms with Gasteiger partial charge in [0, 0.05) is 18.5 Å². The predicted octanol–water partition coefficient (Wildman–Crippen LogP) is 5.45. The lowest BCUT2D eigenvalue weighted by atomic mass is 9.98. The number of thioether (sulfide) groups is 1. The molecule has 3 aromatic rings. The average molecular weight is 505 g/mol. The summed E-state index contributed by atoms with van der Waals surface area (Å²) >= 11 is 1.18. The number of halogens is 2. The highest BCUT2D eigenvalue weighted by Crippen LogP contribution is 2.38.